The maximum absolute atomic E-state index is 12.3. The number of anilines is 1. The molecule has 1 N–H and O–H groups in total. The number of rotatable bonds is 4. The Kier molecular flexibility index (Phi) is 4.25. The van der Waals surface area contributed by atoms with Crippen LogP contribution in [-0.2, 0) is 0 Å². The van der Waals surface area contributed by atoms with Crippen molar-refractivity contribution in [1.82, 2.24) is 0 Å². The molecule has 98 valence electrons. The number of nitrogens with zero attached hydrogens (tertiary/aromatic N) is 1. The molecule has 2 heterocycles. The Bertz CT molecular complexity index is 652. The molecule has 0 saturated carbocycles. The van der Waals surface area contributed by atoms with E-state index in [0.29, 0.717) is 19.7 Å². The van der Waals surface area contributed by atoms with Crippen LogP contribution < -0.4 is 5.32 Å². The third-order valence-electron chi connectivity index (χ3n) is 2.29. The second kappa shape index (κ2) is 5.74. The van der Waals surface area contributed by atoms with Crippen molar-refractivity contribution in [3.8, 4) is 6.07 Å². The molecule has 0 bridgehead atoms. The van der Waals surface area contributed by atoms with E-state index in [-0.39, 0.29) is 11.8 Å². The van der Waals surface area contributed by atoms with E-state index < -0.39 is 0 Å². The number of thiophene rings is 2. The number of carbonyl (C=O) groups is 1. The molecule has 0 spiro atoms. The van der Waals surface area contributed by atoms with Gasteiger partial charge in [0, 0.05) is 6.04 Å². The number of ketones is 1. The first-order chi connectivity index (χ1) is 9.01. The van der Waals surface area contributed by atoms with Crippen LogP contribution in [0.1, 0.15) is 34.0 Å². The van der Waals surface area contributed by atoms with Crippen LogP contribution in [0.25, 0.3) is 0 Å². The maximum atomic E-state index is 12.3. The van der Waals surface area contributed by atoms with Crippen LogP contribution in [0.15, 0.2) is 18.2 Å². The molecule has 0 aliphatic heterocycles. The second-order valence-electron chi connectivity index (χ2n) is 4.20. The lowest BCUT2D eigenvalue weighted by Gasteiger charge is -2.06. The molecule has 0 radical (unpaired) electrons. The van der Waals surface area contributed by atoms with Gasteiger partial charge < -0.3 is 5.32 Å². The molecule has 0 aliphatic carbocycles. The van der Waals surface area contributed by atoms with Gasteiger partial charge in [0.05, 0.1) is 19.7 Å². The standard InChI is InChI=1S/C13H11ClN2OS2/c1-7(2)16-13-8(6-15)5-10(19-13)12(17)9-3-4-11(14)18-9/h3-5,7,16H,1-2H3. The first-order valence-corrected chi connectivity index (χ1v) is 7.63. The summed E-state index contributed by atoms with van der Waals surface area (Å²) >= 11 is 8.38. The predicted octanol–water partition coefficient (Wildman–Crippen LogP) is 4.39. The van der Waals surface area contributed by atoms with Gasteiger partial charge in [-0.1, -0.05) is 11.6 Å². The van der Waals surface area contributed by atoms with Gasteiger partial charge in [0.1, 0.15) is 11.1 Å². The lowest BCUT2D eigenvalue weighted by Crippen LogP contribution is -2.08. The van der Waals surface area contributed by atoms with Crippen molar-refractivity contribution >= 4 is 45.1 Å². The van der Waals surface area contributed by atoms with Crippen molar-refractivity contribution in [2.75, 3.05) is 5.32 Å². The summed E-state index contributed by atoms with van der Waals surface area (Å²) in [5.74, 6) is -0.0878. The zero-order valence-corrected chi connectivity index (χ0v) is 12.7. The molecule has 2 aromatic rings. The average Bonchev–Trinajstić information content (AvgIpc) is 2.94. The normalized spacial score (nSPS) is 10.5. The third-order valence-corrected chi connectivity index (χ3v) is 4.59. The van der Waals surface area contributed by atoms with Crippen molar-refractivity contribution < 1.29 is 4.79 Å². The van der Waals surface area contributed by atoms with Crippen LogP contribution in [0, 0.1) is 11.3 Å². The molecule has 0 unspecified atom stereocenters. The van der Waals surface area contributed by atoms with Gasteiger partial charge in [-0.3, -0.25) is 4.79 Å². The topological polar surface area (TPSA) is 52.9 Å². The quantitative estimate of drug-likeness (QED) is 0.852. The Morgan fingerprint density at radius 1 is 1.37 bits per heavy atom. The average molecular weight is 311 g/mol. The maximum Gasteiger partial charge on any atom is 0.213 e. The van der Waals surface area contributed by atoms with Gasteiger partial charge in [-0.15, -0.1) is 22.7 Å². The summed E-state index contributed by atoms with van der Waals surface area (Å²) in [7, 11) is 0. The molecule has 19 heavy (non-hydrogen) atoms. The van der Waals surface area contributed by atoms with Crippen LogP contribution >= 0.6 is 34.3 Å². The van der Waals surface area contributed by atoms with Crippen molar-refractivity contribution in [2.45, 2.75) is 19.9 Å². The molecule has 2 rings (SSSR count). The zero-order chi connectivity index (χ0) is 14.0. The fourth-order valence-electron chi connectivity index (χ4n) is 1.51. The first-order valence-electron chi connectivity index (χ1n) is 5.61. The lowest BCUT2D eigenvalue weighted by atomic mass is 10.2. The Morgan fingerprint density at radius 2 is 2.11 bits per heavy atom. The number of halogens is 1. The highest BCUT2D eigenvalue weighted by Crippen LogP contribution is 2.32. The summed E-state index contributed by atoms with van der Waals surface area (Å²) in [5, 5.41) is 13.0. The van der Waals surface area contributed by atoms with E-state index in [1.54, 1.807) is 18.2 Å². The van der Waals surface area contributed by atoms with Gasteiger partial charge in [-0.2, -0.15) is 5.26 Å². The highest BCUT2D eigenvalue weighted by atomic mass is 35.5. The number of carbonyl (C=O) groups excluding carboxylic acids is 1. The van der Waals surface area contributed by atoms with Gasteiger partial charge >= 0.3 is 0 Å². The van der Waals surface area contributed by atoms with Crippen LogP contribution in [0.2, 0.25) is 4.34 Å². The smallest absolute Gasteiger partial charge is 0.213 e. The number of hydrogen-bond acceptors (Lipinski definition) is 5. The Hall–Kier alpha value is -1.35. The molecular weight excluding hydrogens is 300 g/mol. The molecule has 0 atom stereocenters. The van der Waals surface area contributed by atoms with Gasteiger partial charge in [-0.05, 0) is 32.0 Å². The minimum absolute atomic E-state index is 0.0878. The molecule has 0 aromatic carbocycles. The Morgan fingerprint density at radius 3 is 2.63 bits per heavy atom. The van der Waals surface area contributed by atoms with Crippen LogP contribution in [0.5, 0.6) is 0 Å². The van der Waals surface area contributed by atoms with Crippen molar-refractivity contribution in [3.05, 3.63) is 37.9 Å². The van der Waals surface area contributed by atoms with Gasteiger partial charge in [0.2, 0.25) is 5.78 Å². The first kappa shape index (κ1) is 14.1. The van der Waals surface area contributed by atoms with E-state index in [1.807, 2.05) is 13.8 Å². The summed E-state index contributed by atoms with van der Waals surface area (Å²) in [6.07, 6.45) is 0. The van der Waals surface area contributed by atoms with Gasteiger partial charge in [0.15, 0.2) is 0 Å². The molecule has 0 saturated heterocycles. The van der Waals surface area contributed by atoms with Crippen LogP contribution in [0.4, 0.5) is 5.00 Å². The van der Waals surface area contributed by atoms with Gasteiger partial charge in [-0.25, -0.2) is 0 Å². The van der Waals surface area contributed by atoms with E-state index in [4.69, 9.17) is 16.9 Å². The minimum atomic E-state index is -0.0878. The summed E-state index contributed by atoms with van der Waals surface area (Å²) in [6, 6.07) is 7.35. The third kappa shape index (κ3) is 3.16. The van der Waals surface area contributed by atoms with Crippen molar-refractivity contribution in [2.24, 2.45) is 0 Å². The fraction of sp³-hybridized carbons (Fsp3) is 0.231. The van der Waals surface area contributed by atoms with E-state index in [2.05, 4.69) is 11.4 Å². The van der Waals surface area contributed by atoms with E-state index in [1.165, 1.54) is 22.7 Å². The summed E-state index contributed by atoms with van der Waals surface area (Å²) < 4.78 is 0.584. The Labute approximate surface area is 124 Å². The van der Waals surface area contributed by atoms with Crippen LogP contribution in [-0.4, -0.2) is 11.8 Å². The molecule has 0 amide bonds. The molecule has 0 fully saturated rings. The largest absolute Gasteiger partial charge is 0.374 e. The summed E-state index contributed by atoms with van der Waals surface area (Å²) in [4.78, 5) is 13.4. The van der Waals surface area contributed by atoms with Crippen molar-refractivity contribution in [1.29, 1.82) is 5.26 Å². The molecular formula is C13H11ClN2OS2. The molecule has 3 nitrogen and oxygen atoms in total. The van der Waals surface area contributed by atoms with Crippen LogP contribution in [0.3, 0.4) is 0 Å². The summed E-state index contributed by atoms with van der Waals surface area (Å²) in [5.41, 5.74) is 0.504. The zero-order valence-electron chi connectivity index (χ0n) is 10.4. The second-order valence-corrected chi connectivity index (χ2v) is 6.96. The fourth-order valence-corrected chi connectivity index (χ4v) is 3.68. The van der Waals surface area contributed by atoms with Gasteiger partial charge in [0.25, 0.3) is 0 Å². The minimum Gasteiger partial charge on any atom is -0.374 e. The van der Waals surface area contributed by atoms with Crippen molar-refractivity contribution in [3.63, 3.8) is 0 Å². The van der Waals surface area contributed by atoms with E-state index in [0.717, 1.165) is 5.00 Å². The Balaban J connectivity index is 2.33. The molecule has 0 aliphatic rings. The van der Waals surface area contributed by atoms with E-state index >= 15 is 0 Å². The van der Waals surface area contributed by atoms with E-state index in [9.17, 15) is 4.79 Å². The summed E-state index contributed by atoms with van der Waals surface area (Å²) in [6.45, 7) is 3.98. The highest BCUT2D eigenvalue weighted by molar-refractivity contribution is 7.21. The molecule has 2 aromatic heterocycles. The highest BCUT2D eigenvalue weighted by Gasteiger charge is 2.18. The lowest BCUT2D eigenvalue weighted by molar-refractivity contribution is 0.104. The number of nitriles is 1. The molecule has 6 heteroatoms. The number of hydrogen-bond donors (Lipinski definition) is 1. The monoisotopic (exact) mass is 310 g/mol. The SMILES string of the molecule is CC(C)Nc1sc(C(=O)c2ccc(Cl)s2)cc1C#N. The predicted molar refractivity (Wildman–Crippen MR) is 80.6 cm³/mol. The number of nitrogens with one attached hydrogen (secondary N) is 1.